The number of aliphatic hydroxyl groups is 1. The molecule has 1 fully saturated rings. The van der Waals surface area contributed by atoms with Gasteiger partial charge in [-0.2, -0.15) is 0 Å². The van der Waals surface area contributed by atoms with Crippen LogP contribution < -0.4 is 0 Å². The zero-order valence-corrected chi connectivity index (χ0v) is 17.3. The van der Waals surface area contributed by atoms with E-state index < -0.39 is 6.10 Å². The summed E-state index contributed by atoms with van der Waals surface area (Å²) in [5, 5.41) is 10.5. The second kappa shape index (κ2) is 11.9. The standard InChI is InChI=1S/C25H33NO2/c1-7-12-15-20(10-4)23(27)18-17-22-24(19(6)14-9-3)26(25(22)28)21(11-5)16-13-8-2/h7-16,22-24,27H,4-6,17-18H2,1-3H3/b12-7-,13-8-,14-9-,20-15+,21-16+. The Morgan fingerprint density at radius 3 is 2.29 bits per heavy atom. The number of allylic oxidation sites excluding steroid dienone is 8. The van der Waals surface area contributed by atoms with Gasteiger partial charge in [-0.15, -0.1) is 0 Å². The van der Waals surface area contributed by atoms with E-state index >= 15 is 0 Å². The van der Waals surface area contributed by atoms with Gasteiger partial charge in [-0.3, -0.25) is 4.79 Å². The number of nitrogens with zero attached hydrogens (tertiary/aromatic N) is 1. The molecule has 1 saturated heterocycles. The van der Waals surface area contributed by atoms with Crippen LogP contribution in [0.4, 0.5) is 0 Å². The normalized spacial score (nSPS) is 22.1. The maximum absolute atomic E-state index is 12.9. The molecule has 1 N–H and O–H groups in total. The Balaban J connectivity index is 3.02. The fourth-order valence-corrected chi connectivity index (χ4v) is 3.32. The van der Waals surface area contributed by atoms with Crippen molar-refractivity contribution in [3.8, 4) is 0 Å². The van der Waals surface area contributed by atoms with Gasteiger partial charge in [-0.1, -0.05) is 68.3 Å². The lowest BCUT2D eigenvalue weighted by Crippen LogP contribution is -2.60. The Kier molecular flexibility index (Phi) is 9.97. The van der Waals surface area contributed by atoms with Gasteiger partial charge in [0.15, 0.2) is 0 Å². The Morgan fingerprint density at radius 2 is 1.75 bits per heavy atom. The molecule has 1 aliphatic heterocycles. The maximum Gasteiger partial charge on any atom is 0.233 e. The minimum Gasteiger partial charge on any atom is -0.388 e. The van der Waals surface area contributed by atoms with Crippen LogP contribution in [0.3, 0.4) is 0 Å². The first kappa shape index (κ1) is 23.4. The lowest BCUT2D eigenvalue weighted by molar-refractivity contribution is -0.150. The molecule has 3 atom stereocenters. The lowest BCUT2D eigenvalue weighted by atomic mass is 9.78. The number of hydrogen-bond donors (Lipinski definition) is 1. The summed E-state index contributed by atoms with van der Waals surface area (Å²) >= 11 is 0. The van der Waals surface area contributed by atoms with Crippen molar-refractivity contribution in [2.24, 2.45) is 5.92 Å². The number of hydrogen-bond acceptors (Lipinski definition) is 2. The third-order valence-corrected chi connectivity index (χ3v) is 4.77. The van der Waals surface area contributed by atoms with E-state index in [4.69, 9.17) is 0 Å². The van der Waals surface area contributed by atoms with Crippen molar-refractivity contribution < 1.29 is 9.90 Å². The average Bonchev–Trinajstić information content (AvgIpc) is 2.69. The molecule has 1 heterocycles. The first-order valence-corrected chi connectivity index (χ1v) is 9.70. The molecule has 3 heteroatoms. The van der Waals surface area contributed by atoms with Gasteiger partial charge in [-0.05, 0) is 56.9 Å². The van der Waals surface area contributed by atoms with Crippen LogP contribution >= 0.6 is 0 Å². The fourth-order valence-electron chi connectivity index (χ4n) is 3.32. The summed E-state index contributed by atoms with van der Waals surface area (Å²) in [4.78, 5) is 14.6. The highest BCUT2D eigenvalue weighted by Gasteiger charge is 2.48. The molecule has 3 unspecified atom stereocenters. The number of amides is 1. The monoisotopic (exact) mass is 379 g/mol. The van der Waals surface area contributed by atoms with Crippen LogP contribution in [-0.2, 0) is 4.79 Å². The third kappa shape index (κ3) is 5.67. The van der Waals surface area contributed by atoms with E-state index in [0.717, 1.165) is 16.8 Å². The van der Waals surface area contributed by atoms with E-state index in [1.165, 1.54) is 0 Å². The summed E-state index contributed by atoms with van der Waals surface area (Å²) in [6.07, 6.45) is 18.9. The van der Waals surface area contributed by atoms with Crippen molar-refractivity contribution in [1.29, 1.82) is 0 Å². The Bertz CT molecular complexity index is 734. The van der Waals surface area contributed by atoms with Crippen molar-refractivity contribution >= 4 is 5.91 Å². The first-order chi connectivity index (χ1) is 13.5. The number of carbonyl (C=O) groups excluding carboxylic acids is 1. The Labute approximate surface area is 170 Å². The van der Waals surface area contributed by atoms with Crippen LogP contribution in [0, 0.1) is 5.92 Å². The van der Waals surface area contributed by atoms with E-state index in [9.17, 15) is 9.90 Å². The van der Waals surface area contributed by atoms with Crippen molar-refractivity contribution in [3.63, 3.8) is 0 Å². The molecule has 0 radical (unpaired) electrons. The molecule has 0 aromatic rings. The van der Waals surface area contributed by atoms with Crippen LogP contribution in [0.1, 0.15) is 33.6 Å². The minimum absolute atomic E-state index is 0.0380. The van der Waals surface area contributed by atoms with E-state index in [-0.39, 0.29) is 17.9 Å². The van der Waals surface area contributed by atoms with Gasteiger partial charge < -0.3 is 10.0 Å². The van der Waals surface area contributed by atoms with Crippen LogP contribution in [-0.4, -0.2) is 28.1 Å². The molecule has 150 valence electrons. The summed E-state index contributed by atoms with van der Waals surface area (Å²) in [7, 11) is 0. The number of carbonyl (C=O) groups is 1. The summed E-state index contributed by atoms with van der Waals surface area (Å²) in [5.41, 5.74) is 2.39. The van der Waals surface area contributed by atoms with Gasteiger partial charge in [-0.25, -0.2) is 0 Å². The highest BCUT2D eigenvalue weighted by atomic mass is 16.3. The third-order valence-electron chi connectivity index (χ3n) is 4.77. The van der Waals surface area contributed by atoms with Crippen molar-refractivity contribution in [3.05, 3.63) is 97.3 Å². The van der Waals surface area contributed by atoms with E-state index in [1.807, 2.05) is 69.4 Å². The van der Waals surface area contributed by atoms with E-state index in [1.54, 1.807) is 17.1 Å². The minimum atomic E-state index is -0.649. The van der Waals surface area contributed by atoms with Crippen molar-refractivity contribution in [2.45, 2.75) is 45.8 Å². The van der Waals surface area contributed by atoms with Crippen LogP contribution in [0.2, 0.25) is 0 Å². The van der Waals surface area contributed by atoms with Crippen LogP contribution in [0.25, 0.3) is 0 Å². The average molecular weight is 380 g/mol. The van der Waals surface area contributed by atoms with Gasteiger partial charge in [0.1, 0.15) is 0 Å². The largest absolute Gasteiger partial charge is 0.388 e. The SMILES string of the molecule is C=C/C(=C\C=C/C)C(O)CCC1C(=O)N(/C(C=C)=C/C=C\C)C1C(=C)/C=C\C. The lowest BCUT2D eigenvalue weighted by Gasteiger charge is -2.48. The Morgan fingerprint density at radius 1 is 1.11 bits per heavy atom. The molecule has 1 rings (SSSR count). The summed E-state index contributed by atoms with van der Waals surface area (Å²) in [6, 6.07) is -0.128. The summed E-state index contributed by atoms with van der Waals surface area (Å²) in [5.74, 6) is -0.170. The topological polar surface area (TPSA) is 40.5 Å². The van der Waals surface area contributed by atoms with Gasteiger partial charge in [0, 0.05) is 5.70 Å². The number of rotatable bonds is 11. The predicted molar refractivity (Wildman–Crippen MR) is 120 cm³/mol. The van der Waals surface area contributed by atoms with E-state index in [0.29, 0.717) is 12.8 Å². The maximum atomic E-state index is 12.9. The molecule has 0 spiro atoms. The van der Waals surface area contributed by atoms with Gasteiger partial charge in [0.25, 0.3) is 0 Å². The number of β-lactam (4-membered cyclic amide) rings is 1. The predicted octanol–water partition coefficient (Wildman–Crippen LogP) is 5.42. The van der Waals surface area contributed by atoms with E-state index in [2.05, 4.69) is 19.7 Å². The summed E-state index contributed by atoms with van der Waals surface area (Å²) in [6.45, 7) is 17.5. The van der Waals surface area contributed by atoms with Crippen LogP contribution in [0.15, 0.2) is 97.3 Å². The Hall–Kier alpha value is -2.65. The molecule has 0 aromatic carbocycles. The molecular weight excluding hydrogens is 346 g/mol. The van der Waals surface area contributed by atoms with Crippen molar-refractivity contribution in [2.75, 3.05) is 0 Å². The van der Waals surface area contributed by atoms with Gasteiger partial charge >= 0.3 is 0 Å². The molecular formula is C25H33NO2. The molecule has 0 aliphatic carbocycles. The molecule has 0 bridgehead atoms. The smallest absolute Gasteiger partial charge is 0.233 e. The number of aliphatic hydroxyl groups excluding tert-OH is 1. The molecule has 1 aliphatic rings. The zero-order valence-electron chi connectivity index (χ0n) is 17.3. The highest BCUT2D eigenvalue weighted by molar-refractivity contribution is 5.90. The second-order valence-corrected chi connectivity index (χ2v) is 6.65. The molecule has 0 aromatic heterocycles. The zero-order chi connectivity index (χ0) is 21.1. The molecule has 3 nitrogen and oxygen atoms in total. The second-order valence-electron chi connectivity index (χ2n) is 6.65. The number of likely N-dealkylation sites (tertiary alicyclic amines) is 1. The fraction of sp³-hybridized carbons (Fsp3) is 0.320. The van der Waals surface area contributed by atoms with Gasteiger partial charge in [0.05, 0.1) is 18.1 Å². The highest BCUT2D eigenvalue weighted by Crippen LogP contribution is 2.39. The molecule has 1 amide bonds. The van der Waals surface area contributed by atoms with Gasteiger partial charge in [0.2, 0.25) is 5.91 Å². The van der Waals surface area contributed by atoms with Crippen LogP contribution in [0.5, 0.6) is 0 Å². The summed E-state index contributed by atoms with van der Waals surface area (Å²) < 4.78 is 0. The quantitative estimate of drug-likeness (QED) is 0.384. The van der Waals surface area contributed by atoms with Crippen molar-refractivity contribution in [1.82, 2.24) is 4.90 Å². The first-order valence-electron chi connectivity index (χ1n) is 9.70. The molecule has 0 saturated carbocycles. The molecule has 28 heavy (non-hydrogen) atoms.